The molecule has 0 saturated heterocycles. The maximum Gasteiger partial charge on any atom is 0.153 e. The van der Waals surface area contributed by atoms with Gasteiger partial charge in [0.25, 0.3) is 0 Å². The monoisotopic (exact) mass is 242 g/mol. The summed E-state index contributed by atoms with van der Waals surface area (Å²) in [5.41, 5.74) is 1.76. The van der Waals surface area contributed by atoms with Gasteiger partial charge in [-0.15, -0.1) is 0 Å². The molecule has 2 heterocycles. The SMILES string of the molecule is COc1ccc2cc(-c3[nH]ncc3C=O)oc2c1. The molecule has 18 heavy (non-hydrogen) atoms. The van der Waals surface area contributed by atoms with Crippen molar-refractivity contribution in [2.45, 2.75) is 0 Å². The number of rotatable bonds is 3. The normalized spacial score (nSPS) is 10.7. The Kier molecular flexibility index (Phi) is 2.37. The van der Waals surface area contributed by atoms with Crippen LogP contribution in [0.4, 0.5) is 0 Å². The largest absolute Gasteiger partial charge is 0.497 e. The number of furan rings is 1. The molecule has 0 aliphatic rings. The predicted octanol–water partition coefficient (Wildman–Crippen LogP) is 2.64. The molecular formula is C13H10N2O3. The van der Waals surface area contributed by atoms with Crippen molar-refractivity contribution in [2.75, 3.05) is 7.11 Å². The predicted molar refractivity (Wildman–Crippen MR) is 65.7 cm³/mol. The number of H-pyrrole nitrogens is 1. The number of nitrogens with zero attached hydrogens (tertiary/aromatic N) is 1. The standard InChI is InChI=1S/C13H10N2O3/c1-17-10-3-2-8-4-12(18-11(8)5-10)13-9(7-16)6-14-15-13/h2-7H,1H3,(H,14,15). The molecule has 90 valence electrons. The number of methoxy groups -OCH3 is 1. The summed E-state index contributed by atoms with van der Waals surface area (Å²) in [6.45, 7) is 0. The molecule has 5 heteroatoms. The van der Waals surface area contributed by atoms with Crippen LogP contribution < -0.4 is 4.74 Å². The Morgan fingerprint density at radius 1 is 1.39 bits per heavy atom. The third-order valence-corrected chi connectivity index (χ3v) is 2.77. The second kappa shape index (κ2) is 4.03. The van der Waals surface area contributed by atoms with Gasteiger partial charge in [0.05, 0.1) is 18.9 Å². The molecule has 0 atom stereocenters. The minimum Gasteiger partial charge on any atom is -0.497 e. The van der Waals surface area contributed by atoms with E-state index in [4.69, 9.17) is 9.15 Å². The zero-order valence-corrected chi connectivity index (χ0v) is 9.64. The molecular weight excluding hydrogens is 232 g/mol. The first-order valence-electron chi connectivity index (χ1n) is 5.38. The Balaban J connectivity index is 2.16. The maximum absolute atomic E-state index is 10.9. The smallest absolute Gasteiger partial charge is 0.153 e. The number of carbonyl (C=O) groups excluding carboxylic acids is 1. The second-order valence-electron chi connectivity index (χ2n) is 3.83. The first-order chi connectivity index (χ1) is 8.81. The van der Waals surface area contributed by atoms with Gasteiger partial charge in [0.15, 0.2) is 12.0 Å². The van der Waals surface area contributed by atoms with Crippen LogP contribution in [0.25, 0.3) is 22.4 Å². The highest BCUT2D eigenvalue weighted by Gasteiger charge is 2.12. The lowest BCUT2D eigenvalue weighted by Gasteiger charge is -1.96. The lowest BCUT2D eigenvalue weighted by Crippen LogP contribution is -1.80. The average Bonchev–Trinajstić information content (AvgIpc) is 3.03. The molecule has 0 aliphatic carbocycles. The molecule has 3 aromatic rings. The maximum atomic E-state index is 10.9. The van der Waals surface area contributed by atoms with Crippen molar-refractivity contribution in [1.82, 2.24) is 10.2 Å². The van der Waals surface area contributed by atoms with E-state index in [0.717, 1.165) is 17.4 Å². The van der Waals surface area contributed by atoms with Gasteiger partial charge in [-0.2, -0.15) is 5.10 Å². The molecule has 0 bridgehead atoms. The first kappa shape index (κ1) is 10.6. The number of hydrogen-bond donors (Lipinski definition) is 1. The lowest BCUT2D eigenvalue weighted by molar-refractivity contribution is 0.112. The summed E-state index contributed by atoms with van der Waals surface area (Å²) in [6.07, 6.45) is 2.21. The van der Waals surface area contributed by atoms with E-state index in [-0.39, 0.29) is 0 Å². The molecule has 0 radical (unpaired) electrons. The average molecular weight is 242 g/mol. The Morgan fingerprint density at radius 2 is 2.28 bits per heavy atom. The molecule has 2 aromatic heterocycles. The third-order valence-electron chi connectivity index (χ3n) is 2.77. The van der Waals surface area contributed by atoms with E-state index in [9.17, 15) is 4.79 Å². The highest BCUT2D eigenvalue weighted by molar-refractivity contribution is 5.88. The van der Waals surface area contributed by atoms with E-state index in [1.54, 1.807) is 13.2 Å². The molecule has 0 unspecified atom stereocenters. The van der Waals surface area contributed by atoms with Crippen LogP contribution in [0.1, 0.15) is 10.4 Å². The van der Waals surface area contributed by atoms with Crippen molar-refractivity contribution < 1.29 is 13.9 Å². The molecule has 1 aromatic carbocycles. The molecule has 0 amide bonds. The van der Waals surface area contributed by atoms with Crippen LogP contribution in [0.3, 0.4) is 0 Å². The number of aromatic amines is 1. The fourth-order valence-electron chi connectivity index (χ4n) is 1.84. The van der Waals surface area contributed by atoms with E-state index in [1.165, 1.54) is 6.20 Å². The number of hydrogen-bond acceptors (Lipinski definition) is 4. The van der Waals surface area contributed by atoms with Crippen LogP contribution in [0.5, 0.6) is 5.75 Å². The van der Waals surface area contributed by atoms with E-state index in [1.807, 2.05) is 18.2 Å². The number of benzene rings is 1. The molecule has 0 spiro atoms. The quantitative estimate of drug-likeness (QED) is 0.717. The summed E-state index contributed by atoms with van der Waals surface area (Å²) in [5, 5.41) is 7.53. The van der Waals surface area contributed by atoms with Gasteiger partial charge in [-0.25, -0.2) is 0 Å². The summed E-state index contributed by atoms with van der Waals surface area (Å²) in [4.78, 5) is 10.9. The fourth-order valence-corrected chi connectivity index (χ4v) is 1.84. The van der Waals surface area contributed by atoms with Crippen LogP contribution in [0, 0.1) is 0 Å². The van der Waals surface area contributed by atoms with Crippen LogP contribution in [-0.2, 0) is 0 Å². The molecule has 1 N–H and O–H groups in total. The van der Waals surface area contributed by atoms with Crippen molar-refractivity contribution in [1.29, 1.82) is 0 Å². The van der Waals surface area contributed by atoms with Crippen LogP contribution in [-0.4, -0.2) is 23.6 Å². The topological polar surface area (TPSA) is 68.1 Å². The minimum absolute atomic E-state index is 0.473. The van der Waals surface area contributed by atoms with Gasteiger partial charge >= 0.3 is 0 Å². The van der Waals surface area contributed by atoms with E-state index >= 15 is 0 Å². The molecule has 5 nitrogen and oxygen atoms in total. The van der Waals surface area contributed by atoms with Gasteiger partial charge in [-0.1, -0.05) is 0 Å². The molecule has 0 saturated carbocycles. The Labute approximate surface area is 102 Å². The van der Waals surface area contributed by atoms with Crippen molar-refractivity contribution in [3.63, 3.8) is 0 Å². The van der Waals surface area contributed by atoms with Gasteiger partial charge in [0, 0.05) is 11.5 Å². The fraction of sp³-hybridized carbons (Fsp3) is 0.0769. The van der Waals surface area contributed by atoms with E-state index in [2.05, 4.69) is 10.2 Å². The van der Waals surface area contributed by atoms with Gasteiger partial charge in [-0.3, -0.25) is 9.89 Å². The third kappa shape index (κ3) is 1.57. The summed E-state index contributed by atoms with van der Waals surface area (Å²) in [7, 11) is 1.60. The summed E-state index contributed by atoms with van der Waals surface area (Å²) in [6, 6.07) is 7.42. The lowest BCUT2D eigenvalue weighted by atomic mass is 10.2. The first-order valence-corrected chi connectivity index (χ1v) is 5.38. The van der Waals surface area contributed by atoms with Crippen molar-refractivity contribution in [2.24, 2.45) is 0 Å². The Hall–Kier alpha value is -2.56. The van der Waals surface area contributed by atoms with Gasteiger partial charge < -0.3 is 9.15 Å². The number of ether oxygens (including phenoxy) is 1. The number of fused-ring (bicyclic) bond motifs is 1. The van der Waals surface area contributed by atoms with Gasteiger partial charge in [0.2, 0.25) is 0 Å². The Bertz CT molecular complexity index is 712. The highest BCUT2D eigenvalue weighted by Crippen LogP contribution is 2.30. The van der Waals surface area contributed by atoms with Gasteiger partial charge in [0.1, 0.15) is 17.0 Å². The summed E-state index contributed by atoms with van der Waals surface area (Å²) in [5.74, 6) is 1.31. The van der Waals surface area contributed by atoms with Crippen molar-refractivity contribution in [3.8, 4) is 17.2 Å². The van der Waals surface area contributed by atoms with E-state index in [0.29, 0.717) is 22.6 Å². The molecule has 0 fully saturated rings. The number of carbonyl (C=O) groups is 1. The number of nitrogens with one attached hydrogen (secondary N) is 1. The second-order valence-corrected chi connectivity index (χ2v) is 3.83. The number of aldehydes is 1. The van der Waals surface area contributed by atoms with Crippen molar-refractivity contribution >= 4 is 17.3 Å². The van der Waals surface area contributed by atoms with Crippen LogP contribution in [0.2, 0.25) is 0 Å². The summed E-state index contributed by atoms with van der Waals surface area (Å²) >= 11 is 0. The zero-order chi connectivity index (χ0) is 12.5. The van der Waals surface area contributed by atoms with E-state index < -0.39 is 0 Å². The van der Waals surface area contributed by atoms with Gasteiger partial charge in [-0.05, 0) is 18.2 Å². The van der Waals surface area contributed by atoms with Crippen LogP contribution in [0.15, 0.2) is 34.9 Å². The Morgan fingerprint density at radius 3 is 3.06 bits per heavy atom. The highest BCUT2D eigenvalue weighted by atomic mass is 16.5. The number of aromatic nitrogens is 2. The minimum atomic E-state index is 0.473. The molecule has 0 aliphatic heterocycles. The van der Waals surface area contributed by atoms with Crippen LogP contribution >= 0.6 is 0 Å². The zero-order valence-electron chi connectivity index (χ0n) is 9.64. The van der Waals surface area contributed by atoms with Crippen molar-refractivity contribution in [3.05, 3.63) is 36.0 Å². The molecule has 3 rings (SSSR count). The summed E-state index contributed by atoms with van der Waals surface area (Å²) < 4.78 is 10.8.